The smallest absolute Gasteiger partial charge is 0.107 e. The van der Waals surface area contributed by atoms with Crippen molar-refractivity contribution in [1.82, 2.24) is 9.78 Å². The van der Waals surface area contributed by atoms with E-state index in [1.807, 2.05) is 17.8 Å². The van der Waals surface area contributed by atoms with Crippen LogP contribution in [-0.4, -0.2) is 15.9 Å². The first-order valence-corrected chi connectivity index (χ1v) is 5.77. The minimum atomic E-state index is 0.255. The molecule has 0 spiro atoms. The fourth-order valence-electron chi connectivity index (χ4n) is 1.11. The lowest BCUT2D eigenvalue weighted by atomic mass is 10.3. The lowest BCUT2D eigenvalue weighted by Gasteiger charge is -2.09. The van der Waals surface area contributed by atoms with Gasteiger partial charge < -0.3 is 4.74 Å². The zero-order chi connectivity index (χ0) is 11.4. The molecule has 1 atom stereocenters. The number of aromatic nitrogens is 2. The maximum atomic E-state index is 6.05. The average molecular weight is 231 g/mol. The van der Waals surface area contributed by atoms with Crippen molar-refractivity contribution in [1.29, 1.82) is 0 Å². The standard InChI is InChI=1S/C11H19ClN2O/c1-5-9(4)15-7-11-10(12)6-14(13-11)8(2)3/h6,8-9H,5,7H2,1-4H3. The van der Waals surface area contributed by atoms with Gasteiger partial charge in [-0.2, -0.15) is 5.10 Å². The van der Waals surface area contributed by atoms with Crippen molar-refractivity contribution < 1.29 is 4.74 Å². The topological polar surface area (TPSA) is 27.1 Å². The molecule has 3 nitrogen and oxygen atoms in total. The van der Waals surface area contributed by atoms with Crippen LogP contribution in [0.5, 0.6) is 0 Å². The van der Waals surface area contributed by atoms with Gasteiger partial charge in [0.15, 0.2) is 0 Å². The molecule has 4 heteroatoms. The highest BCUT2D eigenvalue weighted by Gasteiger charge is 2.10. The van der Waals surface area contributed by atoms with Gasteiger partial charge in [0.25, 0.3) is 0 Å². The Bertz CT molecular complexity index is 310. The second kappa shape index (κ2) is 5.52. The molecule has 0 aliphatic rings. The van der Waals surface area contributed by atoms with E-state index < -0.39 is 0 Å². The van der Waals surface area contributed by atoms with Gasteiger partial charge in [0.05, 0.1) is 17.7 Å². The fraction of sp³-hybridized carbons (Fsp3) is 0.727. The zero-order valence-electron chi connectivity index (χ0n) is 9.83. The fourth-order valence-corrected chi connectivity index (χ4v) is 1.30. The summed E-state index contributed by atoms with van der Waals surface area (Å²) in [6.07, 6.45) is 3.11. The second-order valence-corrected chi connectivity index (χ2v) is 4.43. The Morgan fingerprint density at radius 1 is 1.47 bits per heavy atom. The van der Waals surface area contributed by atoms with Crippen molar-refractivity contribution in [3.05, 3.63) is 16.9 Å². The Hall–Kier alpha value is -0.540. The van der Waals surface area contributed by atoms with Crippen LogP contribution in [0.25, 0.3) is 0 Å². The summed E-state index contributed by atoms with van der Waals surface area (Å²) in [5.41, 5.74) is 0.825. The molecular formula is C11H19ClN2O. The van der Waals surface area contributed by atoms with Crippen LogP contribution in [0.3, 0.4) is 0 Å². The molecule has 1 heterocycles. The summed E-state index contributed by atoms with van der Waals surface area (Å²) >= 11 is 6.05. The maximum absolute atomic E-state index is 6.05. The van der Waals surface area contributed by atoms with Gasteiger partial charge in [-0.1, -0.05) is 18.5 Å². The number of rotatable bonds is 5. The van der Waals surface area contributed by atoms with Crippen LogP contribution >= 0.6 is 11.6 Å². The Morgan fingerprint density at radius 2 is 2.13 bits per heavy atom. The van der Waals surface area contributed by atoms with Crippen LogP contribution in [0.1, 0.15) is 45.9 Å². The third-order valence-corrected chi connectivity index (χ3v) is 2.68. The number of halogens is 1. The van der Waals surface area contributed by atoms with Crippen molar-refractivity contribution in [2.75, 3.05) is 0 Å². The minimum absolute atomic E-state index is 0.255. The number of nitrogens with zero attached hydrogens (tertiary/aromatic N) is 2. The Labute approximate surface area is 96.4 Å². The van der Waals surface area contributed by atoms with Crippen molar-refractivity contribution >= 4 is 11.6 Å². The molecule has 0 aromatic carbocycles. The van der Waals surface area contributed by atoms with Crippen LogP contribution in [-0.2, 0) is 11.3 Å². The molecule has 1 unspecified atom stereocenters. The van der Waals surface area contributed by atoms with Crippen LogP contribution in [0.15, 0.2) is 6.20 Å². The molecule has 0 N–H and O–H groups in total. The van der Waals surface area contributed by atoms with Crippen LogP contribution in [0, 0.1) is 0 Å². The van der Waals surface area contributed by atoms with E-state index in [1.54, 1.807) is 0 Å². The predicted molar refractivity (Wildman–Crippen MR) is 62.2 cm³/mol. The molecule has 1 rings (SSSR count). The van der Waals surface area contributed by atoms with Crippen molar-refractivity contribution in [2.45, 2.75) is 52.9 Å². The van der Waals surface area contributed by atoms with Crippen LogP contribution < -0.4 is 0 Å². The molecular weight excluding hydrogens is 212 g/mol. The third-order valence-electron chi connectivity index (χ3n) is 2.37. The van der Waals surface area contributed by atoms with Crippen molar-refractivity contribution in [3.63, 3.8) is 0 Å². The van der Waals surface area contributed by atoms with E-state index in [9.17, 15) is 0 Å². The molecule has 0 aliphatic carbocycles. The summed E-state index contributed by atoms with van der Waals surface area (Å²) < 4.78 is 7.45. The summed E-state index contributed by atoms with van der Waals surface area (Å²) in [4.78, 5) is 0. The number of ether oxygens (including phenoxy) is 1. The number of hydrogen-bond donors (Lipinski definition) is 0. The summed E-state index contributed by atoms with van der Waals surface area (Å²) in [6.45, 7) is 8.78. The normalized spacial score (nSPS) is 13.5. The number of hydrogen-bond acceptors (Lipinski definition) is 2. The van der Waals surface area contributed by atoms with Gasteiger partial charge in [0, 0.05) is 12.2 Å². The van der Waals surface area contributed by atoms with E-state index in [2.05, 4.69) is 25.9 Å². The Balaban J connectivity index is 2.61. The Morgan fingerprint density at radius 3 is 2.60 bits per heavy atom. The van der Waals surface area contributed by atoms with Crippen LogP contribution in [0.4, 0.5) is 0 Å². The first-order chi connectivity index (χ1) is 7.04. The first-order valence-electron chi connectivity index (χ1n) is 5.39. The lowest BCUT2D eigenvalue weighted by Crippen LogP contribution is -2.07. The highest BCUT2D eigenvalue weighted by atomic mass is 35.5. The van der Waals surface area contributed by atoms with E-state index in [-0.39, 0.29) is 6.10 Å². The summed E-state index contributed by atoms with van der Waals surface area (Å²) in [5.74, 6) is 0. The zero-order valence-corrected chi connectivity index (χ0v) is 10.6. The van der Waals surface area contributed by atoms with Crippen molar-refractivity contribution in [3.8, 4) is 0 Å². The molecule has 0 saturated carbocycles. The molecule has 1 aromatic rings. The van der Waals surface area contributed by atoms with Gasteiger partial charge in [-0.3, -0.25) is 4.68 Å². The Kier molecular flexibility index (Phi) is 4.61. The molecule has 0 aliphatic heterocycles. The van der Waals surface area contributed by atoms with Gasteiger partial charge >= 0.3 is 0 Å². The summed E-state index contributed by atoms with van der Waals surface area (Å²) in [5, 5.41) is 5.06. The predicted octanol–water partition coefficient (Wildman–Crippen LogP) is 3.43. The van der Waals surface area contributed by atoms with Gasteiger partial charge in [0.1, 0.15) is 5.69 Å². The van der Waals surface area contributed by atoms with E-state index >= 15 is 0 Å². The summed E-state index contributed by atoms with van der Waals surface area (Å²) in [6, 6.07) is 0.333. The van der Waals surface area contributed by atoms with E-state index in [1.165, 1.54) is 0 Å². The van der Waals surface area contributed by atoms with Gasteiger partial charge in [-0.05, 0) is 27.2 Å². The second-order valence-electron chi connectivity index (χ2n) is 4.03. The molecule has 15 heavy (non-hydrogen) atoms. The lowest BCUT2D eigenvalue weighted by molar-refractivity contribution is 0.0485. The van der Waals surface area contributed by atoms with Crippen LogP contribution in [0.2, 0.25) is 5.02 Å². The van der Waals surface area contributed by atoms with Crippen molar-refractivity contribution in [2.24, 2.45) is 0 Å². The molecule has 0 amide bonds. The molecule has 0 fully saturated rings. The molecule has 0 bridgehead atoms. The van der Waals surface area contributed by atoms with E-state index in [4.69, 9.17) is 16.3 Å². The molecule has 0 saturated heterocycles. The maximum Gasteiger partial charge on any atom is 0.107 e. The average Bonchev–Trinajstić information content (AvgIpc) is 2.56. The van der Waals surface area contributed by atoms with E-state index in [0.29, 0.717) is 17.7 Å². The highest BCUT2D eigenvalue weighted by molar-refractivity contribution is 6.31. The van der Waals surface area contributed by atoms with Gasteiger partial charge in [-0.25, -0.2) is 0 Å². The molecule has 1 aromatic heterocycles. The van der Waals surface area contributed by atoms with E-state index in [0.717, 1.165) is 12.1 Å². The largest absolute Gasteiger partial charge is 0.372 e. The summed E-state index contributed by atoms with van der Waals surface area (Å²) in [7, 11) is 0. The minimum Gasteiger partial charge on any atom is -0.372 e. The first kappa shape index (κ1) is 12.5. The SMILES string of the molecule is CCC(C)OCc1nn(C(C)C)cc1Cl. The quantitative estimate of drug-likeness (QED) is 0.775. The molecule has 0 radical (unpaired) electrons. The van der Waals surface area contributed by atoms with Gasteiger partial charge in [-0.15, -0.1) is 0 Å². The third kappa shape index (κ3) is 3.50. The highest BCUT2D eigenvalue weighted by Crippen LogP contribution is 2.18. The molecule has 86 valence electrons. The monoisotopic (exact) mass is 230 g/mol. The van der Waals surface area contributed by atoms with Gasteiger partial charge in [0.2, 0.25) is 0 Å².